The molecular weight excluding hydrogens is 266 g/mol. The molecule has 3 aromatic rings. The highest BCUT2D eigenvalue weighted by molar-refractivity contribution is 5.83. The fourth-order valence-corrected chi connectivity index (χ4v) is 1.97. The second-order valence-electron chi connectivity index (χ2n) is 4.64. The van der Waals surface area contributed by atoms with Crippen molar-refractivity contribution < 1.29 is 0 Å². The normalized spacial score (nSPS) is 10.7. The average Bonchev–Trinajstić information content (AvgIpc) is 3.00. The van der Waals surface area contributed by atoms with Gasteiger partial charge in [0.1, 0.15) is 5.52 Å². The van der Waals surface area contributed by atoms with Crippen molar-refractivity contribution >= 4 is 22.9 Å². The number of imidazole rings is 1. The molecule has 0 aliphatic rings. The Morgan fingerprint density at radius 2 is 2.19 bits per heavy atom. The molecule has 0 aliphatic heterocycles. The summed E-state index contributed by atoms with van der Waals surface area (Å²) in [6, 6.07) is 3.93. The molecule has 108 valence electrons. The molecule has 0 bridgehead atoms. The number of hydrogen-bond donors (Lipinski definition) is 3. The van der Waals surface area contributed by atoms with Gasteiger partial charge in [-0.1, -0.05) is 13.0 Å². The van der Waals surface area contributed by atoms with Gasteiger partial charge >= 0.3 is 0 Å². The molecule has 3 aromatic heterocycles. The maximum atomic E-state index is 4.50. The standard InChI is InChI=1S/C14H17N7/c1-2-5-16-14-20-12(11-13(21-14)19-9-18-11)17-8-10-4-3-6-15-7-10/h3-4,6-7,9H,2,5,8H2,1H3,(H3,16,17,18,19,20,21). The number of anilines is 2. The minimum absolute atomic E-state index is 0.588. The Morgan fingerprint density at radius 1 is 1.24 bits per heavy atom. The van der Waals surface area contributed by atoms with E-state index < -0.39 is 0 Å². The van der Waals surface area contributed by atoms with Crippen LogP contribution in [0.1, 0.15) is 18.9 Å². The molecule has 3 rings (SSSR count). The van der Waals surface area contributed by atoms with Crippen molar-refractivity contribution in [2.75, 3.05) is 17.2 Å². The Hall–Kier alpha value is -2.70. The lowest BCUT2D eigenvalue weighted by Crippen LogP contribution is -2.08. The van der Waals surface area contributed by atoms with Gasteiger partial charge in [-0.2, -0.15) is 9.97 Å². The lowest BCUT2D eigenvalue weighted by molar-refractivity contribution is 0.954. The van der Waals surface area contributed by atoms with Crippen molar-refractivity contribution in [3.8, 4) is 0 Å². The number of nitrogens with zero attached hydrogens (tertiary/aromatic N) is 4. The first kappa shape index (κ1) is 13.3. The van der Waals surface area contributed by atoms with Gasteiger partial charge in [-0.05, 0) is 18.1 Å². The lowest BCUT2D eigenvalue weighted by Gasteiger charge is -2.09. The van der Waals surface area contributed by atoms with Crippen LogP contribution in [0.5, 0.6) is 0 Å². The van der Waals surface area contributed by atoms with Gasteiger partial charge in [0.25, 0.3) is 0 Å². The summed E-state index contributed by atoms with van der Waals surface area (Å²) in [5.74, 6) is 1.32. The number of aromatic nitrogens is 5. The van der Waals surface area contributed by atoms with E-state index >= 15 is 0 Å². The number of H-pyrrole nitrogens is 1. The first-order valence-electron chi connectivity index (χ1n) is 6.94. The van der Waals surface area contributed by atoms with Crippen molar-refractivity contribution in [3.63, 3.8) is 0 Å². The van der Waals surface area contributed by atoms with Crippen LogP contribution in [0.25, 0.3) is 11.2 Å². The average molecular weight is 283 g/mol. The summed E-state index contributed by atoms with van der Waals surface area (Å²) in [4.78, 5) is 20.2. The van der Waals surface area contributed by atoms with Crippen molar-refractivity contribution in [1.82, 2.24) is 24.9 Å². The van der Waals surface area contributed by atoms with E-state index in [1.54, 1.807) is 12.5 Å². The molecule has 3 N–H and O–H groups in total. The monoisotopic (exact) mass is 283 g/mol. The molecule has 0 saturated carbocycles. The molecule has 0 unspecified atom stereocenters. The first-order valence-corrected chi connectivity index (χ1v) is 6.94. The predicted molar refractivity (Wildman–Crippen MR) is 82.0 cm³/mol. The van der Waals surface area contributed by atoms with E-state index in [0.29, 0.717) is 18.1 Å². The Balaban J connectivity index is 1.83. The highest BCUT2D eigenvalue weighted by Crippen LogP contribution is 2.19. The summed E-state index contributed by atoms with van der Waals surface area (Å²) >= 11 is 0. The summed E-state index contributed by atoms with van der Waals surface area (Å²) in [6.07, 6.45) is 6.22. The zero-order valence-electron chi connectivity index (χ0n) is 11.8. The van der Waals surface area contributed by atoms with Crippen molar-refractivity contribution in [3.05, 3.63) is 36.4 Å². The van der Waals surface area contributed by atoms with Crippen LogP contribution >= 0.6 is 0 Å². The lowest BCUT2D eigenvalue weighted by atomic mass is 10.3. The van der Waals surface area contributed by atoms with Crippen LogP contribution in [0.15, 0.2) is 30.9 Å². The van der Waals surface area contributed by atoms with E-state index in [1.807, 2.05) is 18.3 Å². The number of hydrogen-bond acceptors (Lipinski definition) is 6. The molecule has 21 heavy (non-hydrogen) atoms. The van der Waals surface area contributed by atoms with Crippen molar-refractivity contribution in [2.45, 2.75) is 19.9 Å². The molecule has 0 aromatic carbocycles. The Morgan fingerprint density at radius 3 is 3.00 bits per heavy atom. The van der Waals surface area contributed by atoms with Gasteiger partial charge in [-0.3, -0.25) is 4.98 Å². The third kappa shape index (κ3) is 3.07. The zero-order valence-corrected chi connectivity index (χ0v) is 11.8. The van der Waals surface area contributed by atoms with Gasteiger partial charge in [0.15, 0.2) is 11.5 Å². The number of fused-ring (bicyclic) bond motifs is 1. The Kier molecular flexibility index (Phi) is 3.90. The third-order valence-electron chi connectivity index (χ3n) is 3.00. The maximum Gasteiger partial charge on any atom is 0.226 e. The molecule has 0 aliphatic carbocycles. The molecule has 0 radical (unpaired) electrons. The summed E-state index contributed by atoms with van der Waals surface area (Å²) in [7, 11) is 0. The van der Waals surface area contributed by atoms with Crippen LogP contribution in [-0.2, 0) is 6.54 Å². The van der Waals surface area contributed by atoms with Crippen LogP contribution in [0, 0.1) is 0 Å². The van der Waals surface area contributed by atoms with E-state index in [-0.39, 0.29) is 0 Å². The maximum absolute atomic E-state index is 4.50. The van der Waals surface area contributed by atoms with Gasteiger partial charge < -0.3 is 15.6 Å². The second kappa shape index (κ2) is 6.17. The van der Waals surface area contributed by atoms with E-state index in [1.165, 1.54) is 0 Å². The summed E-state index contributed by atoms with van der Waals surface area (Å²) < 4.78 is 0. The Labute approximate surface area is 122 Å². The van der Waals surface area contributed by atoms with E-state index in [0.717, 1.165) is 29.9 Å². The summed E-state index contributed by atoms with van der Waals surface area (Å²) in [5.41, 5.74) is 2.55. The van der Waals surface area contributed by atoms with Crippen LogP contribution in [-0.4, -0.2) is 31.5 Å². The quantitative estimate of drug-likeness (QED) is 0.642. The van der Waals surface area contributed by atoms with Gasteiger partial charge in [0.2, 0.25) is 5.95 Å². The fraction of sp³-hybridized carbons (Fsp3) is 0.286. The van der Waals surface area contributed by atoms with E-state index in [2.05, 4.69) is 42.5 Å². The van der Waals surface area contributed by atoms with E-state index in [9.17, 15) is 0 Å². The second-order valence-corrected chi connectivity index (χ2v) is 4.64. The number of nitrogens with one attached hydrogen (secondary N) is 3. The molecule has 7 nitrogen and oxygen atoms in total. The van der Waals surface area contributed by atoms with Gasteiger partial charge in [0, 0.05) is 25.5 Å². The zero-order chi connectivity index (χ0) is 14.5. The molecule has 7 heteroatoms. The largest absolute Gasteiger partial charge is 0.364 e. The van der Waals surface area contributed by atoms with Crippen molar-refractivity contribution in [1.29, 1.82) is 0 Å². The van der Waals surface area contributed by atoms with Gasteiger partial charge in [-0.15, -0.1) is 0 Å². The van der Waals surface area contributed by atoms with Crippen LogP contribution in [0.3, 0.4) is 0 Å². The molecule has 0 spiro atoms. The van der Waals surface area contributed by atoms with Gasteiger partial charge in [0.05, 0.1) is 6.33 Å². The molecule has 3 heterocycles. The van der Waals surface area contributed by atoms with Crippen LogP contribution in [0.4, 0.5) is 11.8 Å². The van der Waals surface area contributed by atoms with Gasteiger partial charge in [-0.25, -0.2) is 4.98 Å². The van der Waals surface area contributed by atoms with Crippen molar-refractivity contribution in [2.24, 2.45) is 0 Å². The fourth-order valence-electron chi connectivity index (χ4n) is 1.97. The number of rotatable bonds is 6. The predicted octanol–water partition coefficient (Wildman–Crippen LogP) is 2.18. The van der Waals surface area contributed by atoms with Crippen LogP contribution < -0.4 is 10.6 Å². The molecule has 0 amide bonds. The van der Waals surface area contributed by atoms with E-state index in [4.69, 9.17) is 0 Å². The minimum atomic E-state index is 0.588. The van der Waals surface area contributed by atoms with Crippen LogP contribution in [0.2, 0.25) is 0 Å². The minimum Gasteiger partial charge on any atom is -0.364 e. The topological polar surface area (TPSA) is 91.4 Å². The highest BCUT2D eigenvalue weighted by atomic mass is 15.2. The molecule has 0 fully saturated rings. The molecule has 0 atom stereocenters. The smallest absolute Gasteiger partial charge is 0.226 e. The number of pyridine rings is 1. The highest BCUT2D eigenvalue weighted by Gasteiger charge is 2.09. The Bertz CT molecular complexity index is 708. The number of aromatic amines is 1. The molecule has 0 saturated heterocycles. The SMILES string of the molecule is CCCNc1nc(NCc2cccnc2)c2[nH]cnc2n1. The third-order valence-corrected chi connectivity index (χ3v) is 3.00. The molecular formula is C14H17N7. The first-order chi connectivity index (χ1) is 10.4. The summed E-state index contributed by atoms with van der Waals surface area (Å²) in [5, 5.41) is 6.49. The summed E-state index contributed by atoms with van der Waals surface area (Å²) in [6.45, 7) is 3.58.